The lowest BCUT2D eigenvalue weighted by molar-refractivity contribution is -0.120. The van der Waals surface area contributed by atoms with E-state index in [1.54, 1.807) is 24.3 Å². The number of rotatable bonds is 5. The minimum Gasteiger partial charge on any atom is -0.494 e. The smallest absolute Gasteiger partial charge is 0.282 e. The van der Waals surface area contributed by atoms with Crippen molar-refractivity contribution in [3.63, 3.8) is 0 Å². The van der Waals surface area contributed by atoms with E-state index in [0.717, 1.165) is 43.7 Å². The largest absolute Gasteiger partial charge is 0.494 e. The van der Waals surface area contributed by atoms with Crippen molar-refractivity contribution in [1.29, 1.82) is 0 Å². The SMILES string of the molecule is CCOc1ccc(C2=C(N3CCCCC3)C(=O)N(c3cccc(Cl)c3)C2=O)cc1. The van der Waals surface area contributed by atoms with Gasteiger partial charge in [-0.1, -0.05) is 29.8 Å². The Kier molecular flexibility index (Phi) is 5.58. The summed E-state index contributed by atoms with van der Waals surface area (Å²) in [5, 5.41) is 0.483. The first-order chi connectivity index (χ1) is 14.1. The number of piperidine rings is 1. The summed E-state index contributed by atoms with van der Waals surface area (Å²) in [6.07, 6.45) is 3.17. The number of hydrogen-bond acceptors (Lipinski definition) is 4. The lowest BCUT2D eigenvalue weighted by atomic mass is 10.0. The van der Waals surface area contributed by atoms with E-state index >= 15 is 0 Å². The average molecular weight is 411 g/mol. The minimum absolute atomic E-state index is 0.289. The summed E-state index contributed by atoms with van der Waals surface area (Å²) in [5.41, 5.74) is 2.14. The highest BCUT2D eigenvalue weighted by Crippen LogP contribution is 2.36. The van der Waals surface area contributed by atoms with E-state index in [-0.39, 0.29) is 11.8 Å². The van der Waals surface area contributed by atoms with Gasteiger partial charge in [-0.2, -0.15) is 0 Å². The second-order valence-electron chi connectivity index (χ2n) is 7.15. The number of ether oxygens (including phenoxy) is 1. The number of anilines is 1. The predicted molar refractivity (Wildman–Crippen MR) is 114 cm³/mol. The molecule has 0 atom stereocenters. The minimum atomic E-state index is -0.318. The van der Waals surface area contributed by atoms with Crippen molar-refractivity contribution >= 4 is 34.7 Å². The molecule has 0 aromatic heterocycles. The fourth-order valence-corrected chi connectivity index (χ4v) is 4.11. The third-order valence-corrected chi connectivity index (χ3v) is 5.49. The van der Waals surface area contributed by atoms with Crippen molar-refractivity contribution in [1.82, 2.24) is 4.90 Å². The monoisotopic (exact) mass is 410 g/mol. The summed E-state index contributed by atoms with van der Waals surface area (Å²) < 4.78 is 5.51. The topological polar surface area (TPSA) is 49.9 Å². The summed E-state index contributed by atoms with van der Waals surface area (Å²) >= 11 is 6.12. The Balaban J connectivity index is 1.78. The van der Waals surface area contributed by atoms with Gasteiger partial charge in [-0.05, 0) is 62.1 Å². The van der Waals surface area contributed by atoms with Crippen LogP contribution in [0.1, 0.15) is 31.7 Å². The second kappa shape index (κ2) is 8.29. The Labute approximate surface area is 175 Å². The van der Waals surface area contributed by atoms with Crippen LogP contribution in [-0.4, -0.2) is 36.4 Å². The van der Waals surface area contributed by atoms with E-state index < -0.39 is 0 Å². The number of carbonyl (C=O) groups is 2. The average Bonchev–Trinajstić information content (AvgIpc) is 2.99. The van der Waals surface area contributed by atoms with Crippen LogP contribution < -0.4 is 9.64 Å². The van der Waals surface area contributed by atoms with E-state index in [4.69, 9.17) is 16.3 Å². The van der Waals surface area contributed by atoms with Crippen molar-refractivity contribution in [2.75, 3.05) is 24.6 Å². The molecule has 2 aliphatic heterocycles. The lowest BCUT2D eigenvalue weighted by Gasteiger charge is -2.29. The summed E-state index contributed by atoms with van der Waals surface area (Å²) in [6.45, 7) is 4.05. The zero-order chi connectivity index (χ0) is 20.4. The van der Waals surface area contributed by atoms with Crippen molar-refractivity contribution in [3.05, 3.63) is 64.8 Å². The van der Waals surface area contributed by atoms with Crippen molar-refractivity contribution in [2.45, 2.75) is 26.2 Å². The van der Waals surface area contributed by atoms with Crippen LogP contribution >= 0.6 is 11.6 Å². The molecule has 0 saturated carbocycles. The first kappa shape index (κ1) is 19.5. The van der Waals surface area contributed by atoms with Crippen LogP contribution in [0.15, 0.2) is 54.2 Å². The second-order valence-corrected chi connectivity index (χ2v) is 7.59. The molecule has 2 aromatic rings. The zero-order valence-corrected chi connectivity index (χ0v) is 17.1. The van der Waals surface area contributed by atoms with E-state index in [9.17, 15) is 9.59 Å². The molecule has 5 nitrogen and oxygen atoms in total. The molecule has 0 spiro atoms. The van der Waals surface area contributed by atoms with Crippen LogP contribution in [0.5, 0.6) is 5.75 Å². The van der Waals surface area contributed by atoms with Gasteiger partial charge in [0.25, 0.3) is 11.8 Å². The number of benzene rings is 2. The predicted octanol–water partition coefficient (Wildman–Crippen LogP) is 4.51. The normalized spacial score (nSPS) is 17.3. The number of likely N-dealkylation sites (tertiary alicyclic amines) is 1. The van der Waals surface area contributed by atoms with E-state index in [1.807, 2.05) is 31.2 Å². The number of halogens is 1. The molecule has 1 saturated heterocycles. The quantitative estimate of drug-likeness (QED) is 0.680. The number of hydrogen-bond donors (Lipinski definition) is 0. The van der Waals surface area contributed by atoms with Crippen LogP contribution in [0.25, 0.3) is 5.57 Å². The van der Waals surface area contributed by atoms with Gasteiger partial charge in [-0.25, -0.2) is 4.90 Å². The Bertz CT molecular complexity index is 962. The van der Waals surface area contributed by atoms with Gasteiger partial charge in [0.1, 0.15) is 11.4 Å². The lowest BCUT2D eigenvalue weighted by Crippen LogP contribution is -2.37. The number of nitrogens with zero attached hydrogens (tertiary/aromatic N) is 2. The molecule has 29 heavy (non-hydrogen) atoms. The first-order valence-electron chi connectivity index (χ1n) is 9.97. The van der Waals surface area contributed by atoms with Crippen molar-refractivity contribution in [2.24, 2.45) is 0 Å². The summed E-state index contributed by atoms with van der Waals surface area (Å²) in [4.78, 5) is 30.1. The maximum Gasteiger partial charge on any atom is 0.282 e. The van der Waals surface area contributed by atoms with Crippen molar-refractivity contribution < 1.29 is 14.3 Å². The van der Waals surface area contributed by atoms with Crippen LogP contribution in [0.3, 0.4) is 0 Å². The Morgan fingerprint density at radius 3 is 2.34 bits per heavy atom. The fraction of sp³-hybridized carbons (Fsp3) is 0.304. The molecule has 0 aliphatic carbocycles. The number of carbonyl (C=O) groups excluding carboxylic acids is 2. The zero-order valence-electron chi connectivity index (χ0n) is 16.4. The number of amides is 2. The molecule has 6 heteroatoms. The Hall–Kier alpha value is -2.79. The third kappa shape index (κ3) is 3.75. The molecule has 2 aromatic carbocycles. The van der Waals surface area contributed by atoms with E-state index in [0.29, 0.717) is 28.6 Å². The summed E-state index contributed by atoms with van der Waals surface area (Å²) in [7, 11) is 0. The third-order valence-electron chi connectivity index (χ3n) is 5.25. The maximum atomic E-state index is 13.4. The molecule has 1 fully saturated rings. The van der Waals surface area contributed by atoms with Gasteiger partial charge in [0, 0.05) is 18.1 Å². The molecular formula is C23H23ClN2O3. The Morgan fingerprint density at radius 1 is 0.966 bits per heavy atom. The molecule has 0 bridgehead atoms. The summed E-state index contributed by atoms with van der Waals surface area (Å²) in [5.74, 6) is 0.130. The van der Waals surface area contributed by atoms with Gasteiger partial charge in [0.05, 0.1) is 17.9 Å². The van der Waals surface area contributed by atoms with Gasteiger partial charge in [0.2, 0.25) is 0 Å². The molecule has 2 amide bonds. The van der Waals surface area contributed by atoms with Gasteiger partial charge in [-0.3, -0.25) is 9.59 Å². The van der Waals surface area contributed by atoms with Crippen molar-refractivity contribution in [3.8, 4) is 5.75 Å². The molecular weight excluding hydrogens is 388 g/mol. The number of imide groups is 1. The standard InChI is InChI=1S/C23H23ClN2O3/c1-2-29-19-11-9-16(10-12-19)20-21(25-13-4-3-5-14-25)23(28)26(22(20)27)18-8-6-7-17(24)15-18/h6-12,15H,2-5,13-14H2,1H3. The molecule has 2 aliphatic rings. The molecule has 4 rings (SSSR count). The van der Waals surface area contributed by atoms with Crippen LogP contribution in [-0.2, 0) is 9.59 Å². The van der Waals surface area contributed by atoms with Gasteiger partial charge < -0.3 is 9.64 Å². The van der Waals surface area contributed by atoms with Gasteiger partial charge in [0.15, 0.2) is 0 Å². The first-order valence-corrected chi connectivity index (χ1v) is 10.3. The van der Waals surface area contributed by atoms with E-state index in [2.05, 4.69) is 4.90 Å². The highest BCUT2D eigenvalue weighted by atomic mass is 35.5. The van der Waals surface area contributed by atoms with Gasteiger partial charge >= 0.3 is 0 Å². The highest BCUT2D eigenvalue weighted by Gasteiger charge is 2.42. The van der Waals surface area contributed by atoms with Crippen LogP contribution in [0.2, 0.25) is 5.02 Å². The molecule has 150 valence electrons. The van der Waals surface area contributed by atoms with Crippen LogP contribution in [0.4, 0.5) is 5.69 Å². The highest BCUT2D eigenvalue weighted by molar-refractivity contribution is 6.45. The Morgan fingerprint density at radius 2 is 1.69 bits per heavy atom. The van der Waals surface area contributed by atoms with Crippen LogP contribution in [0, 0.1) is 0 Å². The molecule has 0 N–H and O–H groups in total. The molecule has 2 heterocycles. The summed E-state index contributed by atoms with van der Waals surface area (Å²) in [6, 6.07) is 14.2. The van der Waals surface area contributed by atoms with E-state index in [1.165, 1.54) is 4.90 Å². The maximum absolute atomic E-state index is 13.4. The fourth-order valence-electron chi connectivity index (χ4n) is 3.92. The van der Waals surface area contributed by atoms with Gasteiger partial charge in [-0.15, -0.1) is 0 Å². The molecule has 0 radical (unpaired) electrons. The molecule has 0 unspecified atom stereocenters.